The summed E-state index contributed by atoms with van der Waals surface area (Å²) in [5, 5.41) is 3.00. The number of rotatable bonds is 6. The molecule has 1 aromatic carbocycles. The van der Waals surface area contributed by atoms with Crippen molar-refractivity contribution in [3.63, 3.8) is 0 Å². The van der Waals surface area contributed by atoms with Gasteiger partial charge in [-0.15, -0.1) is 0 Å². The lowest BCUT2D eigenvalue weighted by Gasteiger charge is -2.26. The first-order valence-electron chi connectivity index (χ1n) is 9.38. The van der Waals surface area contributed by atoms with Crippen LogP contribution in [0.3, 0.4) is 0 Å². The molecule has 2 rings (SSSR count). The van der Waals surface area contributed by atoms with Gasteiger partial charge in [0.05, 0.1) is 0 Å². The van der Waals surface area contributed by atoms with Crippen molar-refractivity contribution >= 4 is 15.9 Å². The van der Waals surface area contributed by atoms with E-state index in [0.717, 1.165) is 31.7 Å². The molecule has 0 aromatic heterocycles. The highest BCUT2D eigenvalue weighted by Gasteiger charge is 2.30. The molecule has 146 valence electrons. The van der Waals surface area contributed by atoms with E-state index in [9.17, 15) is 17.6 Å². The van der Waals surface area contributed by atoms with E-state index < -0.39 is 26.8 Å². The van der Waals surface area contributed by atoms with Crippen molar-refractivity contribution in [3.8, 4) is 0 Å². The van der Waals surface area contributed by atoms with Gasteiger partial charge in [0.25, 0.3) is 0 Å². The number of hydrogen-bond donors (Lipinski definition) is 2. The van der Waals surface area contributed by atoms with Crippen molar-refractivity contribution in [1.82, 2.24) is 10.0 Å². The highest BCUT2D eigenvalue weighted by molar-refractivity contribution is 7.89. The van der Waals surface area contributed by atoms with Crippen LogP contribution in [0.4, 0.5) is 4.39 Å². The van der Waals surface area contributed by atoms with Gasteiger partial charge in [0.15, 0.2) is 0 Å². The molecule has 1 amide bonds. The maximum atomic E-state index is 13.9. The molecule has 0 aliphatic heterocycles. The number of benzene rings is 1. The number of halogens is 1. The highest BCUT2D eigenvalue weighted by Crippen LogP contribution is 2.19. The average molecular weight is 385 g/mol. The Kier molecular flexibility index (Phi) is 7.58. The molecule has 0 heterocycles. The van der Waals surface area contributed by atoms with Crippen LogP contribution in [0.15, 0.2) is 29.2 Å². The van der Waals surface area contributed by atoms with Gasteiger partial charge < -0.3 is 5.32 Å². The van der Waals surface area contributed by atoms with E-state index in [1.807, 2.05) is 0 Å². The van der Waals surface area contributed by atoms with Crippen LogP contribution in [0.2, 0.25) is 0 Å². The highest BCUT2D eigenvalue weighted by atomic mass is 32.2. The third-order valence-corrected chi connectivity index (χ3v) is 6.28. The predicted octanol–water partition coefficient (Wildman–Crippen LogP) is 3.36. The summed E-state index contributed by atoms with van der Waals surface area (Å²) in [6, 6.07) is 4.30. The fraction of sp³-hybridized carbons (Fsp3) is 0.632. The van der Waals surface area contributed by atoms with Crippen LogP contribution in [0.25, 0.3) is 0 Å². The van der Waals surface area contributed by atoms with Crippen molar-refractivity contribution in [2.45, 2.75) is 75.8 Å². The van der Waals surface area contributed by atoms with Crippen LogP contribution in [0, 0.1) is 11.7 Å². The van der Waals surface area contributed by atoms with Crippen molar-refractivity contribution in [1.29, 1.82) is 0 Å². The largest absolute Gasteiger partial charge is 0.352 e. The molecule has 7 heteroatoms. The molecule has 1 aliphatic rings. The fourth-order valence-electron chi connectivity index (χ4n) is 3.28. The zero-order valence-corrected chi connectivity index (χ0v) is 16.3. The van der Waals surface area contributed by atoms with Gasteiger partial charge in [-0.2, -0.15) is 4.72 Å². The molecule has 2 N–H and O–H groups in total. The van der Waals surface area contributed by atoms with Crippen LogP contribution in [0.5, 0.6) is 0 Å². The van der Waals surface area contributed by atoms with E-state index >= 15 is 0 Å². The summed E-state index contributed by atoms with van der Waals surface area (Å²) in [5.41, 5.74) is 0. The quantitative estimate of drug-likeness (QED) is 0.790. The van der Waals surface area contributed by atoms with Crippen molar-refractivity contribution in [2.75, 3.05) is 0 Å². The second-order valence-corrected chi connectivity index (χ2v) is 9.01. The molecule has 26 heavy (non-hydrogen) atoms. The summed E-state index contributed by atoms with van der Waals surface area (Å²) in [4.78, 5) is 12.3. The Morgan fingerprint density at radius 2 is 1.65 bits per heavy atom. The number of nitrogens with one attached hydrogen (secondary N) is 2. The molecule has 0 radical (unpaired) electrons. The Hall–Kier alpha value is -1.47. The van der Waals surface area contributed by atoms with Crippen LogP contribution >= 0.6 is 0 Å². The third-order valence-electron chi connectivity index (χ3n) is 4.81. The van der Waals surface area contributed by atoms with E-state index in [0.29, 0.717) is 0 Å². The van der Waals surface area contributed by atoms with E-state index in [1.54, 1.807) is 13.8 Å². The predicted molar refractivity (Wildman–Crippen MR) is 99.6 cm³/mol. The van der Waals surface area contributed by atoms with Gasteiger partial charge in [-0.3, -0.25) is 4.79 Å². The molecule has 1 saturated carbocycles. The Labute approximate surface area is 155 Å². The molecule has 5 nitrogen and oxygen atoms in total. The van der Waals surface area contributed by atoms with E-state index in [4.69, 9.17) is 0 Å². The molecule has 1 aliphatic carbocycles. The molecular weight excluding hydrogens is 355 g/mol. The summed E-state index contributed by atoms with van der Waals surface area (Å²) in [6.07, 6.45) is 7.53. The first-order chi connectivity index (χ1) is 12.3. The zero-order valence-electron chi connectivity index (χ0n) is 15.5. The van der Waals surface area contributed by atoms with Gasteiger partial charge in [0.1, 0.15) is 16.8 Å². The third kappa shape index (κ3) is 5.77. The average Bonchev–Trinajstić information content (AvgIpc) is 2.55. The molecule has 1 fully saturated rings. The smallest absolute Gasteiger partial charge is 0.244 e. The summed E-state index contributed by atoms with van der Waals surface area (Å²) in [5.74, 6) is -1.43. The number of carbonyl (C=O) groups excluding carboxylic acids is 1. The topological polar surface area (TPSA) is 75.3 Å². The summed E-state index contributed by atoms with van der Waals surface area (Å²) >= 11 is 0. The SMILES string of the molecule is CC(C)[C@H](NS(=O)(=O)c1ccccc1F)C(=O)NC1CCCCCCC1. The van der Waals surface area contributed by atoms with Gasteiger partial charge in [-0.1, -0.05) is 58.1 Å². The van der Waals surface area contributed by atoms with E-state index in [1.165, 1.54) is 37.5 Å². The Morgan fingerprint density at radius 3 is 2.23 bits per heavy atom. The first kappa shape index (κ1) is 20.8. The van der Waals surface area contributed by atoms with Crippen molar-refractivity contribution < 1.29 is 17.6 Å². The molecule has 1 atom stereocenters. The number of carbonyl (C=O) groups is 1. The number of hydrogen-bond acceptors (Lipinski definition) is 3. The lowest BCUT2D eigenvalue weighted by Crippen LogP contribution is -2.52. The lowest BCUT2D eigenvalue weighted by atomic mass is 9.96. The Bertz CT molecular complexity index is 698. The normalized spacial score (nSPS) is 18.2. The van der Waals surface area contributed by atoms with Crippen LogP contribution in [-0.2, 0) is 14.8 Å². The summed E-state index contributed by atoms with van der Waals surface area (Å²) in [6.45, 7) is 3.54. The molecule has 0 unspecified atom stereocenters. The molecular formula is C19H29FN2O3S. The van der Waals surface area contributed by atoms with Crippen molar-refractivity contribution in [3.05, 3.63) is 30.1 Å². The Balaban J connectivity index is 2.10. The Morgan fingerprint density at radius 1 is 1.08 bits per heavy atom. The van der Waals surface area contributed by atoms with Gasteiger partial charge in [0.2, 0.25) is 15.9 Å². The van der Waals surface area contributed by atoms with E-state index in [2.05, 4.69) is 10.0 Å². The number of sulfonamides is 1. The minimum Gasteiger partial charge on any atom is -0.352 e. The minimum atomic E-state index is -4.12. The fourth-order valence-corrected chi connectivity index (χ4v) is 4.70. The maximum absolute atomic E-state index is 13.9. The monoisotopic (exact) mass is 384 g/mol. The first-order valence-corrected chi connectivity index (χ1v) is 10.9. The number of amides is 1. The van der Waals surface area contributed by atoms with Gasteiger partial charge in [0, 0.05) is 6.04 Å². The second-order valence-electron chi connectivity index (χ2n) is 7.32. The molecule has 0 bridgehead atoms. The van der Waals surface area contributed by atoms with Crippen molar-refractivity contribution in [2.24, 2.45) is 5.92 Å². The van der Waals surface area contributed by atoms with Crippen LogP contribution in [0.1, 0.15) is 58.8 Å². The summed E-state index contributed by atoms with van der Waals surface area (Å²) in [7, 11) is -4.12. The van der Waals surface area contributed by atoms with Gasteiger partial charge >= 0.3 is 0 Å². The standard InChI is InChI=1S/C19H29FN2O3S/c1-14(2)18(19(23)21-15-10-6-4-3-5-7-11-15)22-26(24,25)17-13-9-8-12-16(17)20/h8-9,12-15,18,22H,3-7,10-11H2,1-2H3,(H,21,23)/t18-/m0/s1. The lowest BCUT2D eigenvalue weighted by molar-refractivity contribution is -0.124. The van der Waals surface area contributed by atoms with Gasteiger partial charge in [-0.25, -0.2) is 12.8 Å². The van der Waals surface area contributed by atoms with Crippen LogP contribution in [-0.4, -0.2) is 26.4 Å². The zero-order chi connectivity index (χ0) is 19.2. The van der Waals surface area contributed by atoms with E-state index in [-0.39, 0.29) is 17.9 Å². The molecule has 0 saturated heterocycles. The maximum Gasteiger partial charge on any atom is 0.244 e. The minimum absolute atomic E-state index is 0.0713. The second kappa shape index (κ2) is 9.46. The van der Waals surface area contributed by atoms with Gasteiger partial charge in [-0.05, 0) is 30.9 Å². The molecule has 0 spiro atoms. The summed E-state index contributed by atoms with van der Waals surface area (Å²) < 4.78 is 41.3. The molecule has 1 aromatic rings. The van der Waals surface area contributed by atoms with Crippen LogP contribution < -0.4 is 10.0 Å².